The van der Waals surface area contributed by atoms with Crippen LogP contribution in [0.3, 0.4) is 0 Å². The predicted molar refractivity (Wildman–Crippen MR) is 242 cm³/mol. The van der Waals surface area contributed by atoms with Crippen molar-refractivity contribution in [2.45, 2.75) is 211 Å². The molecule has 0 spiro atoms. The van der Waals surface area contributed by atoms with Gasteiger partial charge < -0.3 is 39.9 Å². The lowest BCUT2D eigenvalue weighted by Gasteiger charge is -2.26. The lowest BCUT2D eigenvalue weighted by molar-refractivity contribution is -0.161. The summed E-state index contributed by atoms with van der Waals surface area (Å²) in [5.74, 6) is -1.12. The third kappa shape index (κ3) is 38.0. The lowest BCUT2D eigenvalue weighted by atomic mass is 10.0. The predicted octanol–water partition coefficient (Wildman–Crippen LogP) is 9.42. The molecule has 14 heteroatoms. The number of unbranched alkanes of at least 4 members (excludes halogenated alkanes) is 18. The fourth-order valence-corrected chi connectivity index (χ4v) is 6.87. The Kier molecular flexibility index (Phi) is 40.3. The fourth-order valence-electron chi connectivity index (χ4n) is 6.10. The molecule has 6 atom stereocenters. The summed E-state index contributed by atoms with van der Waals surface area (Å²) in [7, 11) is -4.91. The van der Waals surface area contributed by atoms with Crippen LogP contribution in [0.15, 0.2) is 48.6 Å². The van der Waals surface area contributed by atoms with Crippen molar-refractivity contribution in [2.75, 3.05) is 26.4 Å². The highest BCUT2D eigenvalue weighted by Gasteiger charge is 2.33. The highest BCUT2D eigenvalue weighted by molar-refractivity contribution is 7.47. The van der Waals surface area contributed by atoms with Gasteiger partial charge in [-0.3, -0.25) is 18.6 Å². The number of rotatable bonds is 43. The quantitative estimate of drug-likeness (QED) is 0.0146. The van der Waals surface area contributed by atoms with Crippen LogP contribution >= 0.6 is 7.82 Å². The van der Waals surface area contributed by atoms with Crippen LogP contribution in [0.4, 0.5) is 0 Å². The van der Waals surface area contributed by atoms with Gasteiger partial charge in [-0.1, -0.05) is 101 Å². The molecular formula is C47H85O13P. The first-order valence-corrected chi connectivity index (χ1v) is 24.9. The van der Waals surface area contributed by atoms with Gasteiger partial charge in [0.15, 0.2) is 6.10 Å². The molecule has 0 heterocycles. The average molecular weight is 889 g/mol. The number of esters is 2. The minimum absolute atomic E-state index is 0.0756. The molecule has 0 aliphatic carbocycles. The van der Waals surface area contributed by atoms with Crippen LogP contribution in [0.5, 0.6) is 0 Å². The van der Waals surface area contributed by atoms with Crippen molar-refractivity contribution in [1.29, 1.82) is 0 Å². The summed E-state index contributed by atoms with van der Waals surface area (Å²) < 4.78 is 33.0. The molecule has 0 aromatic heterocycles. The molecule has 0 aliphatic heterocycles. The summed E-state index contributed by atoms with van der Waals surface area (Å²) >= 11 is 0. The Hall–Kier alpha value is -2.19. The molecule has 13 nitrogen and oxygen atoms in total. The molecule has 0 aliphatic rings. The van der Waals surface area contributed by atoms with Gasteiger partial charge >= 0.3 is 19.8 Å². The highest BCUT2D eigenvalue weighted by atomic mass is 31.2. The molecule has 0 aromatic carbocycles. The van der Waals surface area contributed by atoms with E-state index in [1.807, 2.05) is 0 Å². The Morgan fingerprint density at radius 3 is 1.26 bits per heavy atom. The van der Waals surface area contributed by atoms with Crippen LogP contribution in [-0.2, 0) is 32.7 Å². The lowest BCUT2D eigenvalue weighted by Crippen LogP contribution is -2.47. The second-order valence-electron chi connectivity index (χ2n) is 15.8. The average Bonchev–Trinajstić information content (AvgIpc) is 3.25. The summed E-state index contributed by atoms with van der Waals surface area (Å²) in [6, 6.07) is 0. The second-order valence-corrected chi connectivity index (χ2v) is 17.3. The molecule has 0 rings (SSSR count). The third-order valence-corrected chi connectivity index (χ3v) is 10.9. The molecule has 6 N–H and O–H groups in total. The molecule has 356 valence electrons. The number of hydrogen-bond acceptors (Lipinski definition) is 12. The summed E-state index contributed by atoms with van der Waals surface area (Å²) in [6.45, 7) is 1.44. The van der Waals surface area contributed by atoms with Crippen molar-refractivity contribution in [3.8, 4) is 0 Å². The van der Waals surface area contributed by atoms with E-state index in [2.05, 4.69) is 62.5 Å². The molecule has 0 aromatic rings. The van der Waals surface area contributed by atoms with E-state index in [1.165, 1.54) is 64.2 Å². The van der Waals surface area contributed by atoms with Gasteiger partial charge in [0.25, 0.3) is 0 Å². The van der Waals surface area contributed by atoms with Crippen molar-refractivity contribution in [3.63, 3.8) is 0 Å². The van der Waals surface area contributed by atoms with E-state index in [9.17, 15) is 39.5 Å². The zero-order valence-electron chi connectivity index (χ0n) is 37.7. The first-order valence-electron chi connectivity index (χ1n) is 23.4. The number of hydrogen-bond donors (Lipinski definition) is 6. The van der Waals surface area contributed by atoms with E-state index in [1.54, 1.807) is 0 Å². The first kappa shape index (κ1) is 58.8. The van der Waals surface area contributed by atoms with Crippen molar-refractivity contribution >= 4 is 19.8 Å². The van der Waals surface area contributed by atoms with Gasteiger partial charge in [-0.15, -0.1) is 0 Å². The van der Waals surface area contributed by atoms with Crippen LogP contribution in [0.25, 0.3) is 0 Å². The van der Waals surface area contributed by atoms with Gasteiger partial charge in [0, 0.05) is 12.8 Å². The number of carbonyl (C=O) groups excluding carboxylic acids is 2. The third-order valence-electron chi connectivity index (χ3n) is 9.99. The summed E-state index contributed by atoms with van der Waals surface area (Å²) in [6.07, 6.45) is 34.8. The van der Waals surface area contributed by atoms with E-state index in [-0.39, 0.29) is 12.8 Å². The Labute approximate surface area is 368 Å². The Bertz CT molecular complexity index is 1210. The van der Waals surface area contributed by atoms with Gasteiger partial charge in [-0.2, -0.15) is 0 Å². The van der Waals surface area contributed by atoms with Crippen LogP contribution in [0, 0.1) is 0 Å². The highest BCUT2D eigenvalue weighted by Crippen LogP contribution is 2.43. The maximum Gasteiger partial charge on any atom is 0.472 e. The molecule has 0 amide bonds. The van der Waals surface area contributed by atoms with Crippen LogP contribution in [0.2, 0.25) is 0 Å². The van der Waals surface area contributed by atoms with E-state index in [0.29, 0.717) is 12.8 Å². The molecule has 1 unspecified atom stereocenters. The number of phosphoric ester groups is 1. The molecule has 0 radical (unpaired) electrons. The zero-order chi connectivity index (χ0) is 45.2. The SMILES string of the molecule is CCCCCCC=CCCCCC=CCCCCC(=O)OC[C@H](COP(=O)(O)OC[C@@H](O)[C@@H](O)[C@H](O)[C@H](O)CO)OC(=O)CCCCC=CCCCCC=CCCCCCC. The Morgan fingerprint density at radius 1 is 0.492 bits per heavy atom. The Balaban J connectivity index is 4.71. The molecule has 61 heavy (non-hydrogen) atoms. The number of carbonyl (C=O) groups is 2. The molecule has 0 saturated carbocycles. The molecular weight excluding hydrogens is 803 g/mol. The number of aliphatic hydroxyl groups is 5. The standard InChI is InChI=1S/C47H85O13P/c1-3-5-7-9-11-13-15-17-19-21-23-25-27-29-31-33-35-44(51)57-38-41(39-58-61(55,56)59-40-43(50)47(54)46(53)42(49)37-48)60-45(52)36-34-32-30-28-26-24-22-20-18-16-14-12-10-8-6-4-2/h13-16,25-28,41-43,46-50,53-54H,3-12,17-24,29-40H2,1-2H3,(H,55,56)/t41-,42-,43-,46-,47-/m1/s1. The minimum atomic E-state index is -4.91. The minimum Gasteiger partial charge on any atom is -0.462 e. The number of allylic oxidation sites excluding steroid dienone is 8. The van der Waals surface area contributed by atoms with E-state index in [4.69, 9.17) is 23.6 Å². The molecule has 0 fully saturated rings. The van der Waals surface area contributed by atoms with Gasteiger partial charge in [-0.25, -0.2) is 4.57 Å². The van der Waals surface area contributed by atoms with E-state index >= 15 is 0 Å². The first-order chi connectivity index (χ1) is 29.5. The van der Waals surface area contributed by atoms with Gasteiger partial charge in [-0.05, 0) is 116 Å². The normalized spacial score (nSPS) is 15.7. The van der Waals surface area contributed by atoms with Crippen molar-refractivity contribution in [2.24, 2.45) is 0 Å². The second kappa shape index (κ2) is 41.8. The van der Waals surface area contributed by atoms with Crippen LogP contribution < -0.4 is 0 Å². The van der Waals surface area contributed by atoms with Crippen molar-refractivity contribution in [1.82, 2.24) is 0 Å². The van der Waals surface area contributed by atoms with Crippen molar-refractivity contribution < 1.29 is 63.1 Å². The monoisotopic (exact) mass is 889 g/mol. The topological polar surface area (TPSA) is 210 Å². The maximum absolute atomic E-state index is 12.7. The smallest absolute Gasteiger partial charge is 0.462 e. The largest absolute Gasteiger partial charge is 0.472 e. The number of ether oxygens (including phenoxy) is 2. The number of aliphatic hydroxyl groups excluding tert-OH is 5. The summed E-state index contributed by atoms with van der Waals surface area (Å²) in [4.78, 5) is 35.4. The Morgan fingerprint density at radius 2 is 0.852 bits per heavy atom. The fraction of sp³-hybridized carbons (Fsp3) is 0.787. The van der Waals surface area contributed by atoms with Crippen LogP contribution in [0.1, 0.15) is 181 Å². The van der Waals surface area contributed by atoms with E-state index in [0.717, 1.165) is 77.0 Å². The van der Waals surface area contributed by atoms with E-state index < -0.39 is 76.7 Å². The number of phosphoric acid groups is 1. The van der Waals surface area contributed by atoms with Crippen LogP contribution in [-0.4, -0.2) is 99.3 Å². The van der Waals surface area contributed by atoms with Crippen molar-refractivity contribution in [3.05, 3.63) is 48.6 Å². The molecule has 0 bridgehead atoms. The van der Waals surface area contributed by atoms with Gasteiger partial charge in [0.05, 0.1) is 19.8 Å². The maximum atomic E-state index is 12.7. The summed E-state index contributed by atoms with van der Waals surface area (Å²) in [5.41, 5.74) is 0. The molecule has 0 saturated heterocycles. The summed E-state index contributed by atoms with van der Waals surface area (Å²) in [5, 5.41) is 48.2. The van der Waals surface area contributed by atoms with Gasteiger partial charge in [0.2, 0.25) is 0 Å². The zero-order valence-corrected chi connectivity index (χ0v) is 38.6. The van der Waals surface area contributed by atoms with Gasteiger partial charge in [0.1, 0.15) is 31.0 Å².